The molecule has 5 aromatic rings. The van der Waals surface area contributed by atoms with Gasteiger partial charge in [0.15, 0.2) is 5.78 Å². The fourth-order valence-electron chi connectivity index (χ4n) is 6.32. The second-order valence-electron chi connectivity index (χ2n) is 8.80. The first-order chi connectivity index (χ1) is 14.3. The summed E-state index contributed by atoms with van der Waals surface area (Å²) in [7, 11) is 0. The number of carbonyl (C=O) groups excluding carboxylic acids is 1. The Morgan fingerprint density at radius 1 is 0.552 bits per heavy atom. The molecule has 5 aromatic carbocycles. The third-order valence-electron chi connectivity index (χ3n) is 7.43. The minimum Gasteiger partial charge on any atom is -0.289 e. The van der Waals surface area contributed by atoms with Crippen LogP contribution in [0.1, 0.15) is 49.3 Å². The lowest BCUT2D eigenvalue weighted by atomic mass is 9.90. The molecule has 8 rings (SSSR count). The maximum absolute atomic E-state index is 13.5. The van der Waals surface area contributed by atoms with Crippen molar-refractivity contribution in [2.75, 3.05) is 0 Å². The van der Waals surface area contributed by atoms with Crippen molar-refractivity contribution in [2.45, 2.75) is 19.3 Å². The van der Waals surface area contributed by atoms with Gasteiger partial charge in [-0.05, 0) is 91.0 Å². The summed E-state index contributed by atoms with van der Waals surface area (Å²) >= 11 is 0. The second kappa shape index (κ2) is 4.58. The molecule has 0 atom stereocenters. The van der Waals surface area contributed by atoms with Gasteiger partial charge in [-0.25, -0.2) is 0 Å². The van der Waals surface area contributed by atoms with E-state index >= 15 is 0 Å². The molecule has 0 saturated carbocycles. The lowest BCUT2D eigenvalue weighted by Crippen LogP contribution is -2.06. The van der Waals surface area contributed by atoms with Gasteiger partial charge in [-0.15, -0.1) is 0 Å². The molecule has 0 aliphatic heterocycles. The Labute approximate surface area is 167 Å². The van der Waals surface area contributed by atoms with Gasteiger partial charge in [-0.3, -0.25) is 4.79 Å². The Bertz CT molecular complexity index is 1590. The van der Waals surface area contributed by atoms with Gasteiger partial charge in [0.1, 0.15) is 0 Å². The highest BCUT2D eigenvalue weighted by molar-refractivity contribution is 6.34. The molecule has 1 nitrogen and oxygen atoms in total. The first-order valence-electron chi connectivity index (χ1n) is 10.4. The molecule has 3 aliphatic rings. The number of hydrogen-bond donors (Lipinski definition) is 0. The van der Waals surface area contributed by atoms with Gasteiger partial charge in [-0.1, -0.05) is 54.6 Å². The van der Waals surface area contributed by atoms with E-state index in [0.29, 0.717) is 0 Å². The van der Waals surface area contributed by atoms with Crippen LogP contribution in [0.3, 0.4) is 0 Å². The van der Waals surface area contributed by atoms with E-state index in [-0.39, 0.29) is 5.78 Å². The van der Waals surface area contributed by atoms with Gasteiger partial charge >= 0.3 is 0 Å². The van der Waals surface area contributed by atoms with E-state index in [1.807, 2.05) is 30.3 Å². The normalized spacial score (nSPS) is 14.6. The molecule has 3 aliphatic carbocycles. The van der Waals surface area contributed by atoms with Crippen molar-refractivity contribution in [1.82, 2.24) is 0 Å². The molecule has 29 heavy (non-hydrogen) atoms. The van der Waals surface area contributed by atoms with Crippen LogP contribution in [0.2, 0.25) is 0 Å². The van der Waals surface area contributed by atoms with Crippen molar-refractivity contribution in [2.24, 2.45) is 0 Å². The minimum atomic E-state index is 0.159. The summed E-state index contributed by atoms with van der Waals surface area (Å²) in [6, 6.07) is 21.3. The number of rotatable bonds is 2. The number of benzene rings is 5. The van der Waals surface area contributed by atoms with Crippen LogP contribution in [-0.2, 0) is 19.3 Å². The van der Waals surface area contributed by atoms with E-state index in [0.717, 1.165) is 30.4 Å². The first kappa shape index (κ1) is 14.5. The predicted octanol–water partition coefficient (Wildman–Crippen LogP) is 6.09. The Morgan fingerprint density at radius 2 is 1.07 bits per heavy atom. The number of hydrogen-bond acceptors (Lipinski definition) is 1. The van der Waals surface area contributed by atoms with Gasteiger partial charge in [-0.2, -0.15) is 0 Å². The molecule has 0 spiro atoms. The van der Waals surface area contributed by atoms with Crippen LogP contribution in [-0.4, -0.2) is 5.78 Å². The maximum Gasteiger partial charge on any atom is 0.193 e. The van der Waals surface area contributed by atoms with E-state index in [2.05, 4.69) is 30.3 Å². The fraction of sp³-hybridized carbons (Fsp3) is 0.107. The summed E-state index contributed by atoms with van der Waals surface area (Å²) < 4.78 is 0. The van der Waals surface area contributed by atoms with Gasteiger partial charge in [0, 0.05) is 11.1 Å². The molecule has 0 unspecified atom stereocenters. The van der Waals surface area contributed by atoms with Crippen LogP contribution in [0, 0.1) is 0 Å². The quantitative estimate of drug-likeness (QED) is 0.266. The Hall–Kier alpha value is -3.45. The van der Waals surface area contributed by atoms with Crippen LogP contribution in [0.5, 0.6) is 0 Å². The number of ketones is 1. The largest absolute Gasteiger partial charge is 0.289 e. The highest BCUT2D eigenvalue weighted by Gasteiger charge is 2.33. The smallest absolute Gasteiger partial charge is 0.193 e. The lowest BCUT2D eigenvalue weighted by molar-refractivity contribution is 0.103. The molecule has 0 heterocycles. The summed E-state index contributed by atoms with van der Waals surface area (Å²) in [5, 5.41) is 8.67. The molecule has 0 saturated heterocycles. The monoisotopic (exact) mass is 368 g/mol. The van der Waals surface area contributed by atoms with Crippen LogP contribution < -0.4 is 0 Å². The molecule has 1 heteroatoms. The van der Waals surface area contributed by atoms with E-state index in [1.165, 1.54) is 65.7 Å². The van der Waals surface area contributed by atoms with E-state index < -0.39 is 0 Å². The molecular weight excluding hydrogens is 352 g/mol. The summed E-state index contributed by atoms with van der Waals surface area (Å²) in [6.45, 7) is 0. The van der Waals surface area contributed by atoms with Crippen LogP contribution in [0.4, 0.5) is 0 Å². The van der Waals surface area contributed by atoms with Crippen molar-refractivity contribution in [3.05, 3.63) is 105 Å². The maximum atomic E-state index is 13.5. The molecule has 0 bridgehead atoms. The van der Waals surface area contributed by atoms with Gasteiger partial charge in [0.25, 0.3) is 0 Å². The molecule has 0 fully saturated rings. The van der Waals surface area contributed by atoms with E-state index in [4.69, 9.17) is 0 Å². The SMILES string of the molecule is O=C(c1ccccc1)c1cc2c3c4c(ccc5c4c4c(ccc6c4c3c1C6)C5)C2. The van der Waals surface area contributed by atoms with Crippen molar-refractivity contribution in [3.63, 3.8) is 0 Å². The van der Waals surface area contributed by atoms with Crippen molar-refractivity contribution in [3.8, 4) is 0 Å². The van der Waals surface area contributed by atoms with Gasteiger partial charge in [0.05, 0.1) is 0 Å². The molecule has 0 N–H and O–H groups in total. The molecule has 0 amide bonds. The minimum absolute atomic E-state index is 0.159. The lowest BCUT2D eigenvalue weighted by Gasteiger charge is -2.12. The average Bonchev–Trinajstić information content (AvgIpc) is 3.42. The topological polar surface area (TPSA) is 17.1 Å². The predicted molar refractivity (Wildman–Crippen MR) is 117 cm³/mol. The third-order valence-corrected chi connectivity index (χ3v) is 7.43. The Balaban J connectivity index is 1.60. The summed E-state index contributed by atoms with van der Waals surface area (Å²) in [6.07, 6.45) is 2.86. The second-order valence-corrected chi connectivity index (χ2v) is 8.80. The van der Waals surface area contributed by atoms with Crippen molar-refractivity contribution in [1.29, 1.82) is 0 Å². The van der Waals surface area contributed by atoms with Crippen LogP contribution >= 0.6 is 0 Å². The summed E-state index contributed by atoms with van der Waals surface area (Å²) in [4.78, 5) is 13.5. The first-order valence-corrected chi connectivity index (χ1v) is 10.4. The summed E-state index contributed by atoms with van der Waals surface area (Å²) in [5.41, 5.74) is 10.0. The zero-order valence-corrected chi connectivity index (χ0v) is 15.8. The van der Waals surface area contributed by atoms with Crippen LogP contribution in [0.15, 0.2) is 60.7 Å². The van der Waals surface area contributed by atoms with Gasteiger partial charge in [0.2, 0.25) is 0 Å². The van der Waals surface area contributed by atoms with Crippen molar-refractivity contribution < 1.29 is 4.79 Å². The van der Waals surface area contributed by atoms with Gasteiger partial charge < -0.3 is 0 Å². The highest BCUT2D eigenvalue weighted by Crippen LogP contribution is 2.53. The van der Waals surface area contributed by atoms with E-state index in [1.54, 1.807) is 0 Å². The standard InChI is InChI=1S/C28H16O/c29-28(14-4-2-1-3-5-14)21-13-19-11-17-7-6-15-10-16-8-9-18-12-20(21)27-25(18)23(16)22(15)24(17)26(19)27/h1-9,13H,10-12H2. The fourth-order valence-corrected chi connectivity index (χ4v) is 6.32. The van der Waals surface area contributed by atoms with Crippen molar-refractivity contribution >= 4 is 38.1 Å². The molecular formula is C28H16O. The Kier molecular flexibility index (Phi) is 2.29. The molecule has 0 aromatic heterocycles. The van der Waals surface area contributed by atoms with E-state index in [9.17, 15) is 4.79 Å². The molecule has 0 radical (unpaired) electrons. The highest BCUT2D eigenvalue weighted by atomic mass is 16.1. The number of carbonyl (C=O) groups is 1. The zero-order valence-electron chi connectivity index (χ0n) is 15.8. The Morgan fingerprint density at radius 3 is 1.72 bits per heavy atom. The summed E-state index contributed by atoms with van der Waals surface area (Å²) in [5.74, 6) is 0.159. The average molecular weight is 368 g/mol. The zero-order chi connectivity index (χ0) is 18.9. The third kappa shape index (κ3) is 1.52. The molecule has 134 valence electrons. The van der Waals surface area contributed by atoms with Crippen LogP contribution in [0.25, 0.3) is 32.3 Å².